The standard InChI is InChI=1S/C34H26N2O8S4/c1-21(34(38)43-26-15-12-22(13-16-26)30-20-32(45)47-46-30)23-10-11-25-19-27(17-14-24(25)18-23)42-31(37)9-5-8-29-33(36(39)44-35-29)48(40,41)28-6-3-2-4-7-28/h2-4,6-7,10-21H,5,8-9H2,1H3/t21-/m0/s1. The third-order valence-corrected chi connectivity index (χ3v) is 12.2. The van der Waals surface area contributed by atoms with Crippen molar-refractivity contribution in [2.75, 3.05) is 0 Å². The number of aryl methyl sites for hydroxylation is 1. The van der Waals surface area contributed by atoms with Gasteiger partial charge in [0.15, 0.2) is 0 Å². The Morgan fingerprint density at radius 2 is 1.62 bits per heavy atom. The molecule has 0 unspecified atom stereocenters. The van der Waals surface area contributed by atoms with Crippen LogP contribution in [0, 0.1) is 9.03 Å². The molecule has 6 aromatic rings. The Morgan fingerprint density at radius 1 is 0.917 bits per heavy atom. The largest absolute Gasteiger partial charge is 0.427 e. The average molecular weight is 719 g/mol. The molecule has 0 spiro atoms. The third kappa shape index (κ3) is 7.36. The van der Waals surface area contributed by atoms with Crippen LogP contribution >= 0.6 is 32.9 Å². The summed E-state index contributed by atoms with van der Waals surface area (Å²) in [7, 11) is -1.02. The van der Waals surface area contributed by atoms with Crippen molar-refractivity contribution < 1.29 is 37.0 Å². The van der Waals surface area contributed by atoms with E-state index < -0.39 is 26.8 Å². The molecule has 0 amide bonds. The van der Waals surface area contributed by atoms with E-state index >= 15 is 0 Å². The molecule has 0 fully saturated rings. The van der Waals surface area contributed by atoms with Gasteiger partial charge >= 0.3 is 17.0 Å². The number of esters is 2. The summed E-state index contributed by atoms with van der Waals surface area (Å²) in [6.07, 6.45) is 0.121. The van der Waals surface area contributed by atoms with Crippen molar-refractivity contribution in [1.82, 2.24) is 5.16 Å². The zero-order valence-electron chi connectivity index (χ0n) is 25.2. The van der Waals surface area contributed by atoms with E-state index in [0.717, 1.165) is 30.6 Å². The predicted molar refractivity (Wildman–Crippen MR) is 182 cm³/mol. The number of hydrogen-bond acceptors (Lipinski definition) is 12. The fourth-order valence-corrected chi connectivity index (χ4v) is 8.76. The summed E-state index contributed by atoms with van der Waals surface area (Å²) in [5.74, 6) is -0.678. The van der Waals surface area contributed by atoms with Crippen LogP contribution in [0.1, 0.15) is 36.9 Å². The molecule has 0 aliphatic rings. The molecule has 10 nitrogen and oxygen atoms in total. The average Bonchev–Trinajstić information content (AvgIpc) is 3.70. The summed E-state index contributed by atoms with van der Waals surface area (Å²) in [4.78, 5) is 26.4. The number of benzene rings is 4. The molecule has 0 aliphatic carbocycles. The zero-order valence-corrected chi connectivity index (χ0v) is 28.5. The molecule has 244 valence electrons. The smallest absolute Gasteiger partial charge is 0.318 e. The molecular formula is C34H26N2O8S4. The molecule has 1 atom stereocenters. The Morgan fingerprint density at radius 3 is 2.35 bits per heavy atom. The number of nitrogens with zero attached hydrogens (tertiary/aromatic N) is 2. The Labute approximate surface area is 287 Å². The molecule has 6 rings (SSSR count). The van der Waals surface area contributed by atoms with E-state index in [-0.39, 0.29) is 40.7 Å². The maximum Gasteiger partial charge on any atom is 0.318 e. The lowest BCUT2D eigenvalue weighted by Gasteiger charge is -2.13. The van der Waals surface area contributed by atoms with E-state index in [1.54, 1.807) is 76.1 Å². The van der Waals surface area contributed by atoms with Gasteiger partial charge in [0.25, 0.3) is 9.84 Å². The molecule has 0 aliphatic heterocycles. The quantitative estimate of drug-likeness (QED) is 0.0436. The van der Waals surface area contributed by atoms with Crippen LogP contribution in [-0.4, -0.2) is 25.5 Å². The van der Waals surface area contributed by atoms with Crippen LogP contribution in [-0.2, 0) is 25.8 Å². The minimum atomic E-state index is -4.16. The van der Waals surface area contributed by atoms with Gasteiger partial charge in [-0.15, -0.1) is 0 Å². The summed E-state index contributed by atoms with van der Waals surface area (Å²) in [5.41, 5.74) is 1.71. The van der Waals surface area contributed by atoms with Crippen molar-refractivity contribution in [3.8, 4) is 21.9 Å². The monoisotopic (exact) mass is 718 g/mol. The van der Waals surface area contributed by atoms with Crippen molar-refractivity contribution in [2.24, 2.45) is 0 Å². The fraction of sp³-hybridized carbons (Fsp3) is 0.147. The van der Waals surface area contributed by atoms with Gasteiger partial charge in [0.2, 0.25) is 5.69 Å². The van der Waals surface area contributed by atoms with Crippen molar-refractivity contribution >= 4 is 65.4 Å². The maximum atomic E-state index is 13.0. The van der Waals surface area contributed by atoms with E-state index in [1.165, 1.54) is 12.1 Å². The third-order valence-electron chi connectivity index (χ3n) is 7.48. The fourth-order valence-electron chi connectivity index (χ4n) is 4.94. The molecule has 4 aromatic carbocycles. The lowest BCUT2D eigenvalue weighted by molar-refractivity contribution is -0.832. The number of aromatic nitrogens is 2. The first-order chi connectivity index (χ1) is 23.1. The molecule has 0 radical (unpaired) electrons. The number of rotatable bonds is 11. The minimum absolute atomic E-state index is 0.00738. The van der Waals surface area contributed by atoms with Gasteiger partial charge in [-0.25, -0.2) is 8.42 Å². The topological polar surface area (TPSA) is 140 Å². The van der Waals surface area contributed by atoms with E-state index in [4.69, 9.17) is 21.7 Å². The zero-order chi connectivity index (χ0) is 33.8. The molecule has 14 heteroatoms. The Kier molecular flexibility index (Phi) is 9.78. The number of hydrogen-bond donors (Lipinski definition) is 0. The number of ether oxygens (including phenoxy) is 2. The van der Waals surface area contributed by atoms with E-state index in [1.807, 2.05) is 36.4 Å². The van der Waals surface area contributed by atoms with Gasteiger partial charge < -0.3 is 14.7 Å². The van der Waals surface area contributed by atoms with Crippen LogP contribution in [0.5, 0.6) is 11.5 Å². The first-order valence-corrected chi connectivity index (χ1v) is 18.7. The van der Waals surface area contributed by atoms with Crippen molar-refractivity contribution in [3.63, 3.8) is 0 Å². The second kappa shape index (κ2) is 14.2. The highest BCUT2D eigenvalue weighted by atomic mass is 32.9. The van der Waals surface area contributed by atoms with Gasteiger partial charge in [0.1, 0.15) is 15.3 Å². The first kappa shape index (κ1) is 33.2. The van der Waals surface area contributed by atoms with Gasteiger partial charge in [0.05, 0.1) is 10.8 Å². The summed E-state index contributed by atoms with van der Waals surface area (Å²) in [5, 5.41) is 16.8. The van der Waals surface area contributed by atoms with Crippen molar-refractivity contribution in [3.05, 3.63) is 117 Å². The summed E-state index contributed by atoms with van der Waals surface area (Å²) >= 11 is 5.21. The Bertz CT molecular complexity index is 2280. The number of sulfone groups is 1. The predicted octanol–water partition coefficient (Wildman–Crippen LogP) is 7.45. The number of fused-ring (bicyclic) bond motifs is 1. The molecule has 0 N–H and O–H groups in total. The van der Waals surface area contributed by atoms with Crippen LogP contribution in [0.2, 0.25) is 0 Å². The van der Waals surface area contributed by atoms with Crippen molar-refractivity contribution in [2.45, 2.75) is 42.0 Å². The van der Waals surface area contributed by atoms with E-state index in [2.05, 4.69) is 9.79 Å². The van der Waals surface area contributed by atoms with Crippen molar-refractivity contribution in [1.29, 1.82) is 0 Å². The molecule has 2 aromatic heterocycles. The maximum absolute atomic E-state index is 13.0. The second-order valence-corrected chi connectivity index (χ2v) is 15.5. The molecule has 48 heavy (non-hydrogen) atoms. The number of carbonyl (C=O) groups excluding carboxylic acids is 2. The molecule has 2 heterocycles. The van der Waals surface area contributed by atoms with Gasteiger partial charge in [-0.1, -0.05) is 75.4 Å². The minimum Gasteiger partial charge on any atom is -0.427 e. The van der Waals surface area contributed by atoms with Crippen LogP contribution in [0.4, 0.5) is 0 Å². The summed E-state index contributed by atoms with van der Waals surface area (Å²) in [6, 6.07) is 27.5. The molecule has 0 bridgehead atoms. The van der Waals surface area contributed by atoms with E-state index in [9.17, 15) is 23.2 Å². The highest BCUT2D eigenvalue weighted by Crippen LogP contribution is 2.31. The van der Waals surface area contributed by atoms with Gasteiger partial charge in [-0.3, -0.25) is 14.2 Å². The number of carbonyl (C=O) groups is 2. The highest BCUT2D eigenvalue weighted by Gasteiger charge is 2.33. The first-order valence-electron chi connectivity index (χ1n) is 14.6. The molecular weight excluding hydrogens is 693 g/mol. The van der Waals surface area contributed by atoms with E-state index in [0.29, 0.717) is 11.5 Å². The van der Waals surface area contributed by atoms with Crippen LogP contribution < -0.4 is 14.4 Å². The Hall–Kier alpha value is -4.76. The van der Waals surface area contributed by atoms with Crippen LogP contribution in [0.15, 0.2) is 112 Å². The summed E-state index contributed by atoms with van der Waals surface area (Å²) < 4.78 is 42.5. The van der Waals surface area contributed by atoms with Crippen LogP contribution in [0.25, 0.3) is 21.2 Å². The van der Waals surface area contributed by atoms with Gasteiger partial charge in [-0.2, -0.15) is 0 Å². The normalized spacial score (nSPS) is 12.1. The van der Waals surface area contributed by atoms with Gasteiger partial charge in [0, 0.05) is 22.9 Å². The van der Waals surface area contributed by atoms with Gasteiger partial charge in [-0.05, 0) is 94.7 Å². The lowest BCUT2D eigenvalue weighted by atomic mass is 9.98. The second-order valence-electron chi connectivity index (χ2n) is 10.8. The summed E-state index contributed by atoms with van der Waals surface area (Å²) in [6.45, 7) is 1.78. The SMILES string of the molecule is C[C@H](C(=O)Oc1ccc(-c2cc(=S)ss2)cc1)c1ccc2cc(OC(=O)CCCc3no[n+]([O-])c3S(=O)(=O)c3ccccc3)ccc2c1. The molecule has 0 saturated heterocycles. The lowest BCUT2D eigenvalue weighted by Crippen LogP contribution is -2.31. The Balaban J connectivity index is 1.04. The molecule has 0 saturated carbocycles. The van der Waals surface area contributed by atoms with Crippen LogP contribution in [0.3, 0.4) is 0 Å². The highest BCUT2D eigenvalue weighted by molar-refractivity contribution is 7.91.